The van der Waals surface area contributed by atoms with Gasteiger partial charge < -0.3 is 10.1 Å². The number of hydrogen-bond donors (Lipinski definition) is 3. The summed E-state index contributed by atoms with van der Waals surface area (Å²) >= 11 is 0. The lowest BCUT2D eigenvalue weighted by Crippen LogP contribution is -2.43. The molecule has 3 atom stereocenters. The molecule has 2 aromatic rings. The number of carbonyl (C=O) groups excluding carboxylic acids is 1. The lowest BCUT2D eigenvalue weighted by molar-refractivity contribution is -0.119. The van der Waals surface area contributed by atoms with Crippen LogP contribution in [0.1, 0.15) is 22.7 Å². The Hall–Kier alpha value is -2.37. The second-order valence-electron chi connectivity index (χ2n) is 6.54. The molecule has 2 aliphatic heterocycles. The van der Waals surface area contributed by atoms with E-state index < -0.39 is 0 Å². The Morgan fingerprint density at radius 2 is 1.96 bits per heavy atom. The standard InChI is InChI=1S/C19H21N3O2/c1-11-7-8-13(9-12(11)2)20-19(23)18-15-10-24-16-6-4-3-5-14(16)17(15)21-22-18/h3-9,15,17-18,21-22H,10H2,1-2H3,(H,20,23). The Kier molecular flexibility index (Phi) is 3.75. The molecule has 24 heavy (non-hydrogen) atoms. The van der Waals surface area contributed by atoms with Gasteiger partial charge in [0.1, 0.15) is 11.8 Å². The fraction of sp³-hybridized carbons (Fsp3) is 0.316. The average molecular weight is 323 g/mol. The molecule has 2 aliphatic rings. The zero-order valence-corrected chi connectivity index (χ0v) is 13.8. The van der Waals surface area contributed by atoms with Crippen LogP contribution in [0.4, 0.5) is 5.69 Å². The Labute approximate surface area is 141 Å². The highest BCUT2D eigenvalue weighted by molar-refractivity contribution is 5.95. The third-order valence-corrected chi connectivity index (χ3v) is 4.99. The predicted molar refractivity (Wildman–Crippen MR) is 92.8 cm³/mol. The number of nitrogens with one attached hydrogen (secondary N) is 3. The third kappa shape index (κ3) is 2.56. The molecule has 2 heterocycles. The van der Waals surface area contributed by atoms with Gasteiger partial charge in [0, 0.05) is 17.2 Å². The SMILES string of the molecule is Cc1ccc(NC(=O)C2NNC3c4ccccc4OCC23)cc1C. The highest BCUT2D eigenvalue weighted by Crippen LogP contribution is 2.39. The number of aryl methyl sites for hydroxylation is 2. The van der Waals surface area contributed by atoms with Crippen LogP contribution >= 0.6 is 0 Å². The normalized spacial score (nSPS) is 24.7. The van der Waals surface area contributed by atoms with Gasteiger partial charge in [-0.1, -0.05) is 24.3 Å². The summed E-state index contributed by atoms with van der Waals surface area (Å²) in [5.74, 6) is 0.913. The number of hydrazine groups is 1. The van der Waals surface area contributed by atoms with Crippen LogP contribution in [0, 0.1) is 19.8 Å². The molecular weight excluding hydrogens is 302 g/mol. The van der Waals surface area contributed by atoms with E-state index in [2.05, 4.69) is 23.1 Å². The maximum absolute atomic E-state index is 12.7. The summed E-state index contributed by atoms with van der Waals surface area (Å²) in [5.41, 5.74) is 10.7. The van der Waals surface area contributed by atoms with Gasteiger partial charge in [-0.3, -0.25) is 4.79 Å². The molecule has 3 N–H and O–H groups in total. The number of carbonyl (C=O) groups is 1. The van der Waals surface area contributed by atoms with Crippen LogP contribution < -0.4 is 20.9 Å². The number of para-hydroxylation sites is 1. The molecule has 5 nitrogen and oxygen atoms in total. The molecule has 1 amide bonds. The maximum Gasteiger partial charge on any atom is 0.243 e. The molecule has 4 rings (SSSR count). The molecule has 0 bridgehead atoms. The van der Waals surface area contributed by atoms with E-state index in [-0.39, 0.29) is 23.9 Å². The quantitative estimate of drug-likeness (QED) is 0.794. The van der Waals surface area contributed by atoms with Gasteiger partial charge in [-0.15, -0.1) is 0 Å². The van der Waals surface area contributed by atoms with E-state index in [1.165, 1.54) is 5.56 Å². The van der Waals surface area contributed by atoms with Crippen molar-refractivity contribution in [3.05, 3.63) is 59.2 Å². The van der Waals surface area contributed by atoms with Crippen LogP contribution in [0.15, 0.2) is 42.5 Å². The summed E-state index contributed by atoms with van der Waals surface area (Å²) in [6.07, 6.45) is 0. The number of amides is 1. The molecule has 5 heteroatoms. The van der Waals surface area contributed by atoms with Gasteiger partial charge in [0.2, 0.25) is 5.91 Å². The van der Waals surface area contributed by atoms with Crippen molar-refractivity contribution < 1.29 is 9.53 Å². The predicted octanol–water partition coefficient (Wildman–Crippen LogP) is 2.47. The van der Waals surface area contributed by atoms with E-state index in [4.69, 9.17) is 4.74 Å². The van der Waals surface area contributed by atoms with Crippen molar-refractivity contribution in [3.8, 4) is 5.75 Å². The number of ether oxygens (including phenoxy) is 1. The average Bonchev–Trinajstić information content (AvgIpc) is 3.03. The van der Waals surface area contributed by atoms with E-state index in [1.807, 2.05) is 49.4 Å². The van der Waals surface area contributed by atoms with Gasteiger partial charge in [-0.2, -0.15) is 0 Å². The number of anilines is 1. The van der Waals surface area contributed by atoms with E-state index >= 15 is 0 Å². The first-order valence-electron chi connectivity index (χ1n) is 8.24. The second kappa shape index (κ2) is 5.92. The smallest absolute Gasteiger partial charge is 0.243 e. The topological polar surface area (TPSA) is 62.4 Å². The first kappa shape index (κ1) is 15.2. The summed E-state index contributed by atoms with van der Waals surface area (Å²) in [7, 11) is 0. The molecule has 1 fully saturated rings. The number of hydrogen-bond acceptors (Lipinski definition) is 4. The minimum atomic E-state index is -0.329. The van der Waals surface area contributed by atoms with Crippen molar-refractivity contribution >= 4 is 11.6 Å². The van der Waals surface area contributed by atoms with E-state index in [1.54, 1.807) is 0 Å². The van der Waals surface area contributed by atoms with E-state index in [0.29, 0.717) is 6.61 Å². The van der Waals surface area contributed by atoms with Crippen LogP contribution in [-0.2, 0) is 4.79 Å². The van der Waals surface area contributed by atoms with Crippen molar-refractivity contribution in [3.63, 3.8) is 0 Å². The van der Waals surface area contributed by atoms with E-state index in [0.717, 1.165) is 22.6 Å². The number of benzene rings is 2. The van der Waals surface area contributed by atoms with Crippen molar-refractivity contribution in [2.75, 3.05) is 11.9 Å². The molecule has 0 aromatic heterocycles. The van der Waals surface area contributed by atoms with Crippen molar-refractivity contribution in [2.24, 2.45) is 5.92 Å². The van der Waals surface area contributed by atoms with Crippen molar-refractivity contribution in [2.45, 2.75) is 25.9 Å². The fourth-order valence-electron chi connectivity index (χ4n) is 3.44. The van der Waals surface area contributed by atoms with Crippen LogP contribution in [0.5, 0.6) is 5.75 Å². The monoisotopic (exact) mass is 323 g/mol. The van der Waals surface area contributed by atoms with Crippen molar-refractivity contribution in [1.82, 2.24) is 10.9 Å². The highest BCUT2D eigenvalue weighted by atomic mass is 16.5. The summed E-state index contributed by atoms with van der Waals surface area (Å²) in [4.78, 5) is 12.7. The molecule has 2 aromatic carbocycles. The molecule has 3 unspecified atom stereocenters. The second-order valence-corrected chi connectivity index (χ2v) is 6.54. The first-order valence-corrected chi connectivity index (χ1v) is 8.24. The van der Waals surface area contributed by atoms with Gasteiger partial charge in [0.25, 0.3) is 0 Å². The molecule has 0 radical (unpaired) electrons. The Bertz CT molecular complexity index is 790. The van der Waals surface area contributed by atoms with Crippen LogP contribution in [0.25, 0.3) is 0 Å². The van der Waals surface area contributed by atoms with Gasteiger partial charge in [0.05, 0.1) is 12.6 Å². The Morgan fingerprint density at radius 3 is 2.79 bits per heavy atom. The molecule has 1 saturated heterocycles. The summed E-state index contributed by atoms with van der Waals surface area (Å²) in [5, 5.41) is 3.01. The van der Waals surface area contributed by atoms with Crippen LogP contribution in [0.3, 0.4) is 0 Å². The molecule has 0 spiro atoms. The lowest BCUT2D eigenvalue weighted by atomic mass is 9.87. The summed E-state index contributed by atoms with van der Waals surface area (Å²) < 4.78 is 5.84. The van der Waals surface area contributed by atoms with Gasteiger partial charge in [0.15, 0.2) is 0 Å². The third-order valence-electron chi connectivity index (χ3n) is 4.99. The molecule has 0 saturated carbocycles. The number of fused-ring (bicyclic) bond motifs is 3. The van der Waals surface area contributed by atoms with Crippen LogP contribution in [0.2, 0.25) is 0 Å². The Balaban J connectivity index is 1.52. The summed E-state index contributed by atoms with van der Waals surface area (Å²) in [6, 6.07) is 13.7. The van der Waals surface area contributed by atoms with Gasteiger partial charge >= 0.3 is 0 Å². The van der Waals surface area contributed by atoms with E-state index in [9.17, 15) is 4.79 Å². The highest BCUT2D eigenvalue weighted by Gasteiger charge is 2.44. The Morgan fingerprint density at radius 1 is 1.12 bits per heavy atom. The van der Waals surface area contributed by atoms with Crippen molar-refractivity contribution in [1.29, 1.82) is 0 Å². The molecular formula is C19H21N3O2. The minimum Gasteiger partial charge on any atom is -0.493 e. The molecule has 124 valence electrons. The number of rotatable bonds is 2. The largest absolute Gasteiger partial charge is 0.493 e. The van der Waals surface area contributed by atoms with Crippen LogP contribution in [-0.4, -0.2) is 18.6 Å². The minimum absolute atomic E-state index is 0.0405. The van der Waals surface area contributed by atoms with Gasteiger partial charge in [-0.25, -0.2) is 10.9 Å². The first-order chi connectivity index (χ1) is 11.6. The zero-order valence-electron chi connectivity index (χ0n) is 13.8. The summed E-state index contributed by atoms with van der Waals surface area (Å²) in [6.45, 7) is 4.62. The zero-order chi connectivity index (χ0) is 16.7. The lowest BCUT2D eigenvalue weighted by Gasteiger charge is -2.29. The fourth-order valence-corrected chi connectivity index (χ4v) is 3.44. The maximum atomic E-state index is 12.7. The molecule has 0 aliphatic carbocycles. The van der Waals surface area contributed by atoms with Gasteiger partial charge in [-0.05, 0) is 43.2 Å².